The van der Waals surface area contributed by atoms with E-state index >= 15 is 0 Å². The molecule has 0 aliphatic heterocycles. The van der Waals surface area contributed by atoms with Crippen molar-refractivity contribution in [2.24, 2.45) is 5.73 Å². The van der Waals surface area contributed by atoms with Crippen LogP contribution in [0.25, 0.3) is 0 Å². The van der Waals surface area contributed by atoms with Gasteiger partial charge in [-0.1, -0.05) is 0 Å². The van der Waals surface area contributed by atoms with E-state index in [0.717, 1.165) is 0 Å². The topological polar surface area (TPSA) is 135 Å². The van der Waals surface area contributed by atoms with Gasteiger partial charge in [-0.25, -0.2) is 18.4 Å². The number of ether oxygens (including phenoxy) is 1. The maximum atomic E-state index is 13.6. The van der Waals surface area contributed by atoms with Crippen LogP contribution >= 0.6 is 0 Å². The first-order valence-corrected chi connectivity index (χ1v) is 11.5. The van der Waals surface area contributed by atoms with Crippen LogP contribution in [-0.4, -0.2) is 44.1 Å². The number of urea groups is 1. The minimum atomic E-state index is -1.06. The molecule has 1 aliphatic carbocycles. The van der Waals surface area contributed by atoms with E-state index in [9.17, 15) is 23.2 Å². The summed E-state index contributed by atoms with van der Waals surface area (Å²) in [6.07, 6.45) is 2.24. The molecule has 1 aliphatic rings. The molecule has 0 fully saturated rings. The molecule has 3 amide bonds. The molecule has 0 bridgehead atoms. The van der Waals surface area contributed by atoms with Crippen molar-refractivity contribution in [3.05, 3.63) is 83.1 Å². The van der Waals surface area contributed by atoms with Crippen molar-refractivity contribution < 1.29 is 27.9 Å². The Morgan fingerprint density at radius 2 is 1.59 bits per heavy atom. The number of amides is 3. The number of hydrogen-bond donors (Lipinski definition) is 5. The van der Waals surface area contributed by atoms with Gasteiger partial charge >= 0.3 is 12.0 Å². The third-order valence-corrected chi connectivity index (χ3v) is 5.95. The molecule has 0 aromatic heterocycles. The van der Waals surface area contributed by atoms with Crippen LogP contribution in [0.1, 0.15) is 19.3 Å². The van der Waals surface area contributed by atoms with E-state index in [0.29, 0.717) is 36.5 Å². The number of rotatable bonds is 10. The van der Waals surface area contributed by atoms with Crippen molar-refractivity contribution in [3.63, 3.8) is 0 Å². The summed E-state index contributed by atoms with van der Waals surface area (Å²) in [7, 11) is 2.70. The number of nitrogens with one attached hydrogen (secondary N) is 4. The molecular weight excluding hydrogens is 484 g/mol. The van der Waals surface area contributed by atoms with Gasteiger partial charge in [-0.15, -0.1) is 0 Å². The number of hydrogen-bond acceptors (Lipinski definition) is 6. The number of esters is 1. The summed E-state index contributed by atoms with van der Waals surface area (Å²) in [5, 5.41) is 11.8. The number of carbonyl (C=O) groups is 3. The smallest absolute Gasteiger partial charge is 0.334 e. The summed E-state index contributed by atoms with van der Waals surface area (Å²) in [6.45, 7) is 0.302. The number of halogens is 2. The zero-order chi connectivity index (χ0) is 27.0. The Morgan fingerprint density at radius 3 is 2.14 bits per heavy atom. The summed E-state index contributed by atoms with van der Waals surface area (Å²) < 4.78 is 32.1. The Labute approximate surface area is 213 Å². The fraction of sp³-hybridized carbons (Fsp3) is 0.269. The molecule has 0 heterocycles. The summed E-state index contributed by atoms with van der Waals surface area (Å²) in [5.74, 6) is -2.40. The first-order valence-electron chi connectivity index (χ1n) is 11.5. The zero-order valence-electron chi connectivity index (χ0n) is 20.5. The molecule has 0 saturated carbocycles. The highest BCUT2D eigenvalue weighted by Crippen LogP contribution is 2.40. The van der Waals surface area contributed by atoms with Gasteiger partial charge in [-0.2, -0.15) is 0 Å². The lowest BCUT2D eigenvalue weighted by atomic mass is 9.76. The standard InChI is InChI=1S/C26H29F2N5O4/c1-30-25(36)31-13-3-12-26(33-19-10-6-17(28)7-11-19)15-21(24(35)37-2)20(23(29)34)14-22(26)32-18-8-4-16(27)5-9-18/h4-11,14,32-33H,3,12-13,15H2,1-2H3,(H2,29,34)(H2,30,31,36). The van der Waals surface area contributed by atoms with Crippen LogP contribution in [0.15, 0.2) is 71.5 Å². The molecular formula is C26H29F2N5O4. The van der Waals surface area contributed by atoms with E-state index in [2.05, 4.69) is 21.3 Å². The largest absolute Gasteiger partial charge is 0.466 e. The van der Waals surface area contributed by atoms with Crippen molar-refractivity contribution in [2.45, 2.75) is 24.8 Å². The second-order valence-corrected chi connectivity index (χ2v) is 8.44. The van der Waals surface area contributed by atoms with Crippen LogP contribution in [0.3, 0.4) is 0 Å². The van der Waals surface area contributed by atoms with Crippen LogP contribution in [0.5, 0.6) is 0 Å². The Balaban J connectivity index is 2.10. The molecule has 0 radical (unpaired) electrons. The number of anilines is 2. The Kier molecular flexibility index (Phi) is 8.83. The third-order valence-electron chi connectivity index (χ3n) is 5.95. The fourth-order valence-corrected chi connectivity index (χ4v) is 4.12. The second-order valence-electron chi connectivity index (χ2n) is 8.44. The third kappa shape index (κ3) is 6.84. The van der Waals surface area contributed by atoms with E-state index in [4.69, 9.17) is 10.5 Å². The summed E-state index contributed by atoms with van der Waals surface area (Å²) in [6, 6.07) is 10.9. The molecule has 9 nitrogen and oxygen atoms in total. The molecule has 6 N–H and O–H groups in total. The average Bonchev–Trinajstić information content (AvgIpc) is 2.89. The van der Waals surface area contributed by atoms with Crippen LogP contribution in [0, 0.1) is 11.6 Å². The molecule has 11 heteroatoms. The first-order chi connectivity index (χ1) is 17.7. The summed E-state index contributed by atoms with van der Waals surface area (Å²) in [5.41, 5.74) is 6.11. The van der Waals surface area contributed by atoms with Gasteiger partial charge in [0, 0.05) is 37.1 Å². The summed E-state index contributed by atoms with van der Waals surface area (Å²) in [4.78, 5) is 36.7. The maximum absolute atomic E-state index is 13.6. The maximum Gasteiger partial charge on any atom is 0.334 e. The lowest BCUT2D eigenvalue weighted by Gasteiger charge is -2.41. The van der Waals surface area contributed by atoms with Crippen molar-refractivity contribution in [3.8, 4) is 0 Å². The minimum absolute atomic E-state index is 0.0185. The Bertz CT molecular complexity index is 1210. The Hall–Kier alpha value is -4.41. The Morgan fingerprint density at radius 1 is 1.00 bits per heavy atom. The van der Waals surface area contributed by atoms with Crippen molar-refractivity contribution in [1.82, 2.24) is 10.6 Å². The molecule has 3 rings (SSSR count). The number of methoxy groups -OCH3 is 1. The van der Waals surface area contributed by atoms with Gasteiger partial charge in [0.25, 0.3) is 0 Å². The van der Waals surface area contributed by atoms with Gasteiger partial charge < -0.3 is 31.7 Å². The van der Waals surface area contributed by atoms with Gasteiger partial charge in [0.05, 0.1) is 23.8 Å². The highest BCUT2D eigenvalue weighted by molar-refractivity contribution is 6.05. The molecule has 1 unspecified atom stereocenters. The quantitative estimate of drug-likeness (QED) is 0.245. The van der Waals surface area contributed by atoms with Crippen molar-refractivity contribution in [2.75, 3.05) is 31.3 Å². The monoisotopic (exact) mass is 513 g/mol. The second kappa shape index (κ2) is 12.0. The van der Waals surface area contributed by atoms with Gasteiger partial charge in [0.2, 0.25) is 5.91 Å². The number of benzene rings is 2. The van der Waals surface area contributed by atoms with E-state index in [1.165, 1.54) is 56.6 Å². The molecule has 2 aromatic carbocycles. The van der Waals surface area contributed by atoms with Crippen LogP contribution < -0.4 is 27.0 Å². The first kappa shape index (κ1) is 27.2. The minimum Gasteiger partial charge on any atom is -0.466 e. The molecule has 1 atom stereocenters. The van der Waals surface area contributed by atoms with Crippen molar-refractivity contribution >= 4 is 29.3 Å². The van der Waals surface area contributed by atoms with E-state index in [1.807, 2.05) is 0 Å². The van der Waals surface area contributed by atoms with Crippen LogP contribution in [0.4, 0.5) is 25.0 Å². The van der Waals surface area contributed by atoms with E-state index in [1.54, 1.807) is 12.1 Å². The molecule has 37 heavy (non-hydrogen) atoms. The van der Waals surface area contributed by atoms with Gasteiger partial charge in [0.1, 0.15) is 11.6 Å². The molecule has 2 aromatic rings. The molecule has 0 saturated heterocycles. The van der Waals surface area contributed by atoms with Gasteiger partial charge in [-0.05, 0) is 67.4 Å². The number of nitrogens with two attached hydrogens (primary N) is 1. The average molecular weight is 514 g/mol. The van der Waals surface area contributed by atoms with E-state index in [-0.39, 0.29) is 23.6 Å². The predicted molar refractivity (Wildman–Crippen MR) is 135 cm³/mol. The predicted octanol–water partition coefficient (Wildman–Crippen LogP) is 3.18. The van der Waals surface area contributed by atoms with Gasteiger partial charge in [-0.3, -0.25) is 4.79 Å². The highest BCUT2D eigenvalue weighted by atomic mass is 19.1. The number of primary amides is 1. The van der Waals surface area contributed by atoms with Crippen LogP contribution in [-0.2, 0) is 14.3 Å². The molecule has 0 spiro atoms. The zero-order valence-corrected chi connectivity index (χ0v) is 20.5. The fourth-order valence-electron chi connectivity index (χ4n) is 4.12. The van der Waals surface area contributed by atoms with Gasteiger partial charge in [0.15, 0.2) is 0 Å². The molecule has 196 valence electrons. The van der Waals surface area contributed by atoms with Crippen LogP contribution in [0.2, 0.25) is 0 Å². The lowest BCUT2D eigenvalue weighted by Crippen LogP contribution is -2.47. The lowest BCUT2D eigenvalue weighted by molar-refractivity contribution is -0.136. The van der Waals surface area contributed by atoms with Crippen molar-refractivity contribution in [1.29, 1.82) is 0 Å². The normalized spacial score (nSPS) is 16.9. The van der Waals surface area contributed by atoms with E-state index < -0.39 is 29.0 Å². The number of carbonyl (C=O) groups excluding carboxylic acids is 3. The highest BCUT2D eigenvalue weighted by Gasteiger charge is 2.42. The SMILES string of the molecule is CNC(=O)NCCCC1(Nc2ccc(F)cc2)CC(C(=O)OC)=C(C(N)=O)C=C1Nc1ccc(F)cc1. The summed E-state index contributed by atoms with van der Waals surface area (Å²) >= 11 is 0.